The van der Waals surface area contributed by atoms with E-state index in [0.29, 0.717) is 5.88 Å². The molecule has 1 heterocycles. The molecule has 0 saturated heterocycles. The highest BCUT2D eigenvalue weighted by molar-refractivity contribution is 6.19. The van der Waals surface area contributed by atoms with Crippen LogP contribution in [0.4, 0.5) is 0 Å². The molecule has 0 saturated carbocycles. The van der Waals surface area contributed by atoms with E-state index in [9.17, 15) is 0 Å². The fraction of sp³-hybridized carbons (Fsp3) is 0.300. The van der Waals surface area contributed by atoms with Gasteiger partial charge in [0.1, 0.15) is 0 Å². The summed E-state index contributed by atoms with van der Waals surface area (Å²) in [5.41, 5.74) is 2.42. The molecular formula is C10H12ClN. The van der Waals surface area contributed by atoms with Crippen molar-refractivity contribution in [3.8, 4) is 0 Å². The number of aromatic nitrogens is 1. The summed E-state index contributed by atoms with van der Waals surface area (Å²) in [6.07, 6.45) is 6.68. The maximum Gasteiger partial charge on any atom is 0.0436 e. The van der Waals surface area contributed by atoms with Crippen LogP contribution in [-0.4, -0.2) is 10.9 Å². The van der Waals surface area contributed by atoms with Crippen LogP contribution in [0.1, 0.15) is 18.9 Å². The lowest BCUT2D eigenvalue weighted by Crippen LogP contribution is -1.82. The summed E-state index contributed by atoms with van der Waals surface area (Å²) in [5, 5.41) is 0. The predicted octanol–water partition coefficient (Wildman–Crippen LogP) is 3.11. The van der Waals surface area contributed by atoms with Gasteiger partial charge in [-0.05, 0) is 24.1 Å². The van der Waals surface area contributed by atoms with Gasteiger partial charge < -0.3 is 0 Å². The molecule has 0 N–H and O–H groups in total. The largest absolute Gasteiger partial charge is 0.265 e. The Bertz CT molecular complexity index is 248. The Morgan fingerprint density at radius 1 is 1.50 bits per heavy atom. The first-order valence-corrected chi connectivity index (χ1v) is 4.55. The number of hydrogen-bond acceptors (Lipinski definition) is 1. The summed E-state index contributed by atoms with van der Waals surface area (Å²) in [4.78, 5) is 3.94. The number of rotatable bonds is 3. The van der Waals surface area contributed by atoms with Gasteiger partial charge in [0.25, 0.3) is 0 Å². The van der Waals surface area contributed by atoms with Gasteiger partial charge in [-0.25, -0.2) is 0 Å². The number of hydrogen-bond donors (Lipinski definition) is 0. The molecule has 0 radical (unpaired) electrons. The molecule has 0 aromatic carbocycles. The monoisotopic (exact) mass is 181 g/mol. The first-order valence-electron chi connectivity index (χ1n) is 4.02. The van der Waals surface area contributed by atoms with Crippen molar-refractivity contribution in [2.75, 3.05) is 5.88 Å². The third-order valence-electron chi connectivity index (χ3n) is 1.70. The van der Waals surface area contributed by atoms with E-state index in [2.05, 4.69) is 18.0 Å². The second-order valence-electron chi connectivity index (χ2n) is 2.57. The van der Waals surface area contributed by atoms with Crippen LogP contribution in [0, 0.1) is 0 Å². The highest BCUT2D eigenvalue weighted by atomic mass is 35.5. The Balaban J connectivity index is 2.79. The van der Waals surface area contributed by atoms with Gasteiger partial charge in [-0.3, -0.25) is 4.98 Å². The minimum Gasteiger partial charge on any atom is -0.265 e. The van der Waals surface area contributed by atoms with Crippen LogP contribution in [0.15, 0.2) is 30.1 Å². The SMILES string of the molecule is CCC(=Cc1ccncc1)CCl. The lowest BCUT2D eigenvalue weighted by atomic mass is 10.1. The Labute approximate surface area is 78.1 Å². The minimum absolute atomic E-state index is 0.610. The maximum absolute atomic E-state index is 5.73. The van der Waals surface area contributed by atoms with E-state index in [1.807, 2.05) is 12.1 Å². The van der Waals surface area contributed by atoms with Gasteiger partial charge >= 0.3 is 0 Å². The van der Waals surface area contributed by atoms with Gasteiger partial charge in [-0.15, -0.1) is 11.6 Å². The molecule has 1 rings (SSSR count). The van der Waals surface area contributed by atoms with E-state index < -0.39 is 0 Å². The zero-order chi connectivity index (χ0) is 8.81. The second-order valence-corrected chi connectivity index (χ2v) is 2.84. The molecule has 64 valence electrons. The molecule has 0 unspecified atom stereocenters. The van der Waals surface area contributed by atoms with Crippen LogP contribution in [0.2, 0.25) is 0 Å². The van der Waals surface area contributed by atoms with E-state index in [1.54, 1.807) is 12.4 Å². The summed E-state index contributed by atoms with van der Waals surface area (Å²) in [6, 6.07) is 3.95. The van der Waals surface area contributed by atoms with Gasteiger partial charge in [-0.1, -0.05) is 18.6 Å². The maximum atomic E-state index is 5.73. The van der Waals surface area contributed by atoms with Crippen molar-refractivity contribution >= 4 is 17.7 Å². The lowest BCUT2D eigenvalue weighted by molar-refractivity contribution is 1.12. The molecule has 0 aliphatic rings. The van der Waals surface area contributed by atoms with Crippen LogP contribution in [0.3, 0.4) is 0 Å². The molecular weight excluding hydrogens is 170 g/mol. The van der Waals surface area contributed by atoms with Crippen LogP contribution in [0.5, 0.6) is 0 Å². The minimum atomic E-state index is 0.610. The molecule has 12 heavy (non-hydrogen) atoms. The van der Waals surface area contributed by atoms with Gasteiger partial charge in [-0.2, -0.15) is 0 Å². The Kier molecular flexibility index (Phi) is 3.81. The van der Waals surface area contributed by atoms with Crippen molar-refractivity contribution in [2.45, 2.75) is 13.3 Å². The van der Waals surface area contributed by atoms with Crippen molar-refractivity contribution in [1.82, 2.24) is 4.98 Å². The zero-order valence-corrected chi connectivity index (χ0v) is 7.88. The predicted molar refractivity (Wildman–Crippen MR) is 53.2 cm³/mol. The average molecular weight is 182 g/mol. The van der Waals surface area contributed by atoms with Crippen molar-refractivity contribution in [3.63, 3.8) is 0 Å². The number of allylic oxidation sites excluding steroid dienone is 1. The van der Waals surface area contributed by atoms with E-state index in [4.69, 9.17) is 11.6 Å². The third-order valence-corrected chi connectivity index (χ3v) is 2.05. The second kappa shape index (κ2) is 4.94. The van der Waals surface area contributed by atoms with Crippen LogP contribution >= 0.6 is 11.6 Å². The topological polar surface area (TPSA) is 12.9 Å². The first kappa shape index (κ1) is 9.27. The van der Waals surface area contributed by atoms with E-state index >= 15 is 0 Å². The fourth-order valence-corrected chi connectivity index (χ4v) is 1.20. The average Bonchev–Trinajstić information content (AvgIpc) is 2.16. The molecule has 0 fully saturated rings. The summed E-state index contributed by atoms with van der Waals surface area (Å²) >= 11 is 5.73. The number of alkyl halides is 1. The Morgan fingerprint density at radius 2 is 2.17 bits per heavy atom. The first-order chi connectivity index (χ1) is 5.86. The van der Waals surface area contributed by atoms with Gasteiger partial charge in [0.2, 0.25) is 0 Å². The molecule has 1 aromatic heterocycles. The Morgan fingerprint density at radius 3 is 2.67 bits per heavy atom. The molecule has 2 heteroatoms. The van der Waals surface area contributed by atoms with Crippen molar-refractivity contribution in [3.05, 3.63) is 35.7 Å². The smallest absolute Gasteiger partial charge is 0.0436 e. The highest BCUT2D eigenvalue weighted by Gasteiger charge is 1.91. The quantitative estimate of drug-likeness (QED) is 0.653. The van der Waals surface area contributed by atoms with Crippen LogP contribution < -0.4 is 0 Å². The lowest BCUT2D eigenvalue weighted by Gasteiger charge is -1.98. The van der Waals surface area contributed by atoms with E-state index in [0.717, 1.165) is 6.42 Å². The molecule has 0 atom stereocenters. The molecule has 0 bridgehead atoms. The molecule has 0 amide bonds. The number of pyridine rings is 1. The Hall–Kier alpha value is -0.820. The summed E-state index contributed by atoms with van der Waals surface area (Å²) in [5.74, 6) is 0.610. The normalized spacial score (nSPS) is 11.7. The van der Waals surface area contributed by atoms with Crippen molar-refractivity contribution in [2.24, 2.45) is 0 Å². The summed E-state index contributed by atoms with van der Waals surface area (Å²) in [6.45, 7) is 2.11. The van der Waals surface area contributed by atoms with E-state index in [-0.39, 0.29) is 0 Å². The van der Waals surface area contributed by atoms with Gasteiger partial charge in [0, 0.05) is 18.3 Å². The zero-order valence-electron chi connectivity index (χ0n) is 7.13. The van der Waals surface area contributed by atoms with Crippen molar-refractivity contribution < 1.29 is 0 Å². The molecule has 0 aliphatic carbocycles. The van der Waals surface area contributed by atoms with E-state index in [1.165, 1.54) is 11.1 Å². The standard InChI is InChI=1S/C10H12ClN/c1-2-9(8-11)7-10-3-5-12-6-4-10/h3-7H,2,8H2,1H3. The number of nitrogens with zero attached hydrogens (tertiary/aromatic N) is 1. The molecule has 1 aromatic rings. The molecule has 1 nitrogen and oxygen atoms in total. The molecule has 0 spiro atoms. The van der Waals surface area contributed by atoms with Crippen LogP contribution in [0.25, 0.3) is 6.08 Å². The number of halogens is 1. The van der Waals surface area contributed by atoms with Crippen LogP contribution in [-0.2, 0) is 0 Å². The summed E-state index contributed by atoms with van der Waals surface area (Å²) in [7, 11) is 0. The van der Waals surface area contributed by atoms with Gasteiger partial charge in [0.05, 0.1) is 0 Å². The third kappa shape index (κ3) is 2.67. The summed E-state index contributed by atoms with van der Waals surface area (Å²) < 4.78 is 0. The van der Waals surface area contributed by atoms with Gasteiger partial charge in [0.15, 0.2) is 0 Å². The highest BCUT2D eigenvalue weighted by Crippen LogP contribution is 2.09. The molecule has 0 aliphatic heterocycles. The fourth-order valence-electron chi connectivity index (χ4n) is 0.931. The van der Waals surface area contributed by atoms with Crippen molar-refractivity contribution in [1.29, 1.82) is 0 Å².